The molecule has 0 unspecified atom stereocenters. The molecule has 0 spiro atoms. The Balaban J connectivity index is 2.90. The van der Waals surface area contributed by atoms with Crippen molar-refractivity contribution in [2.24, 2.45) is 0 Å². The lowest BCUT2D eigenvalue weighted by molar-refractivity contribution is -0.139. The smallest absolute Gasteiger partial charge is 0.312 e. The van der Waals surface area contributed by atoms with Crippen LogP contribution in [0, 0.1) is 18.3 Å². The lowest BCUT2D eigenvalue weighted by atomic mass is 10.1. The summed E-state index contributed by atoms with van der Waals surface area (Å²) >= 11 is 0. The molecule has 1 amide bonds. The average molecular weight is 218 g/mol. The molecule has 16 heavy (non-hydrogen) atoms. The number of benzene rings is 1. The zero-order valence-electron chi connectivity index (χ0n) is 8.65. The van der Waals surface area contributed by atoms with Gasteiger partial charge in [0, 0.05) is 0 Å². The van der Waals surface area contributed by atoms with Crippen LogP contribution in [0.2, 0.25) is 0 Å². The summed E-state index contributed by atoms with van der Waals surface area (Å²) in [6.45, 7) is 1.74. The number of aliphatic carboxylic acids is 1. The van der Waals surface area contributed by atoms with E-state index in [1.807, 2.05) is 6.07 Å². The molecule has 0 radical (unpaired) electrons. The van der Waals surface area contributed by atoms with Crippen molar-refractivity contribution < 1.29 is 14.7 Å². The molecule has 2 N–H and O–H groups in total. The van der Waals surface area contributed by atoms with Crippen LogP contribution in [0.4, 0.5) is 5.69 Å². The van der Waals surface area contributed by atoms with Crippen LogP contribution in [-0.2, 0) is 9.59 Å². The molecule has 0 bridgehead atoms. The molecule has 0 fully saturated rings. The van der Waals surface area contributed by atoms with Crippen molar-refractivity contribution in [1.82, 2.24) is 0 Å². The summed E-state index contributed by atoms with van der Waals surface area (Å²) in [4.78, 5) is 21.5. The highest BCUT2D eigenvalue weighted by Gasteiger charge is 2.11. The molecule has 82 valence electrons. The summed E-state index contributed by atoms with van der Waals surface area (Å²) in [6.07, 6.45) is -0.612. The van der Waals surface area contributed by atoms with Gasteiger partial charge >= 0.3 is 5.97 Å². The summed E-state index contributed by atoms with van der Waals surface area (Å²) in [7, 11) is 0. The Morgan fingerprint density at radius 3 is 2.75 bits per heavy atom. The number of carboxylic acid groups (broad SMARTS) is 1. The van der Waals surface area contributed by atoms with Crippen LogP contribution in [0.5, 0.6) is 0 Å². The molecule has 0 saturated carbocycles. The molecule has 0 atom stereocenters. The molecular formula is C11H10N2O3. The lowest BCUT2D eigenvalue weighted by Crippen LogP contribution is -2.16. The largest absolute Gasteiger partial charge is 0.481 e. The summed E-state index contributed by atoms with van der Waals surface area (Å²) in [5, 5.41) is 19.7. The monoisotopic (exact) mass is 218 g/mol. The van der Waals surface area contributed by atoms with Crippen LogP contribution in [0.3, 0.4) is 0 Å². The van der Waals surface area contributed by atoms with Gasteiger partial charge in [0.15, 0.2) is 0 Å². The van der Waals surface area contributed by atoms with Gasteiger partial charge in [-0.25, -0.2) is 0 Å². The predicted octanol–water partition coefficient (Wildman–Crippen LogP) is 1.28. The minimum Gasteiger partial charge on any atom is -0.481 e. The number of rotatable bonds is 3. The number of aryl methyl sites for hydroxylation is 1. The molecule has 0 heterocycles. The van der Waals surface area contributed by atoms with E-state index in [9.17, 15) is 9.59 Å². The van der Waals surface area contributed by atoms with Crippen molar-refractivity contribution in [2.45, 2.75) is 13.3 Å². The molecule has 0 aliphatic heterocycles. The summed E-state index contributed by atoms with van der Waals surface area (Å²) in [5.41, 5.74) is 1.42. The third-order valence-corrected chi connectivity index (χ3v) is 1.97. The van der Waals surface area contributed by atoms with Gasteiger partial charge in [-0.05, 0) is 18.6 Å². The maximum Gasteiger partial charge on any atom is 0.312 e. The van der Waals surface area contributed by atoms with E-state index in [0.29, 0.717) is 11.3 Å². The second-order valence-corrected chi connectivity index (χ2v) is 3.23. The summed E-state index contributed by atoms with van der Waals surface area (Å²) in [5.74, 6) is -1.85. The second kappa shape index (κ2) is 4.94. The molecule has 0 aliphatic rings. The highest BCUT2D eigenvalue weighted by atomic mass is 16.4. The van der Waals surface area contributed by atoms with E-state index in [2.05, 4.69) is 5.32 Å². The zero-order chi connectivity index (χ0) is 12.1. The maximum absolute atomic E-state index is 11.2. The van der Waals surface area contributed by atoms with Gasteiger partial charge in [-0.15, -0.1) is 0 Å². The van der Waals surface area contributed by atoms with E-state index >= 15 is 0 Å². The van der Waals surface area contributed by atoms with Crippen molar-refractivity contribution in [3.05, 3.63) is 29.3 Å². The van der Waals surface area contributed by atoms with E-state index in [4.69, 9.17) is 10.4 Å². The quantitative estimate of drug-likeness (QED) is 0.747. The van der Waals surface area contributed by atoms with Gasteiger partial charge in [-0.3, -0.25) is 9.59 Å². The predicted molar refractivity (Wildman–Crippen MR) is 56.8 cm³/mol. The Bertz CT molecular complexity index is 475. The first kappa shape index (κ1) is 11.7. The number of amides is 1. The van der Waals surface area contributed by atoms with Gasteiger partial charge in [-0.2, -0.15) is 5.26 Å². The number of anilines is 1. The molecule has 0 saturated heterocycles. The topological polar surface area (TPSA) is 90.2 Å². The fourth-order valence-electron chi connectivity index (χ4n) is 1.25. The number of hydrogen-bond acceptors (Lipinski definition) is 3. The zero-order valence-corrected chi connectivity index (χ0v) is 8.65. The van der Waals surface area contributed by atoms with Crippen molar-refractivity contribution >= 4 is 17.6 Å². The molecule has 0 aromatic heterocycles. The Morgan fingerprint density at radius 1 is 1.50 bits per heavy atom. The number of carbonyl (C=O) groups is 2. The highest BCUT2D eigenvalue weighted by molar-refractivity contribution is 6.02. The van der Waals surface area contributed by atoms with Gasteiger partial charge in [0.2, 0.25) is 5.91 Å². The fraction of sp³-hybridized carbons (Fsp3) is 0.182. The van der Waals surface area contributed by atoms with Gasteiger partial charge in [-0.1, -0.05) is 12.1 Å². The maximum atomic E-state index is 11.2. The average Bonchev–Trinajstić information content (AvgIpc) is 2.16. The van der Waals surface area contributed by atoms with Crippen molar-refractivity contribution in [3.63, 3.8) is 0 Å². The number of nitrogens with one attached hydrogen (secondary N) is 1. The Labute approximate surface area is 92.3 Å². The van der Waals surface area contributed by atoms with Gasteiger partial charge in [0.1, 0.15) is 12.5 Å². The van der Waals surface area contributed by atoms with Crippen LogP contribution in [-0.4, -0.2) is 17.0 Å². The minimum atomic E-state index is -1.20. The van der Waals surface area contributed by atoms with Crippen molar-refractivity contribution in [3.8, 4) is 6.07 Å². The Morgan fingerprint density at radius 2 is 2.19 bits per heavy atom. The van der Waals surface area contributed by atoms with Gasteiger partial charge in [0.05, 0.1) is 11.3 Å². The summed E-state index contributed by atoms with van der Waals surface area (Å²) < 4.78 is 0. The van der Waals surface area contributed by atoms with Crippen LogP contribution in [0.25, 0.3) is 0 Å². The lowest BCUT2D eigenvalue weighted by Gasteiger charge is -2.07. The first-order chi connectivity index (χ1) is 7.54. The molecular weight excluding hydrogens is 208 g/mol. The normalized spacial score (nSPS) is 9.25. The van der Waals surface area contributed by atoms with E-state index in [1.165, 1.54) is 0 Å². The summed E-state index contributed by atoms with van der Waals surface area (Å²) in [6, 6.07) is 6.95. The van der Waals surface area contributed by atoms with Crippen molar-refractivity contribution in [2.75, 3.05) is 5.32 Å². The molecule has 5 heteroatoms. The van der Waals surface area contributed by atoms with E-state index < -0.39 is 18.3 Å². The third kappa shape index (κ3) is 2.82. The fourth-order valence-corrected chi connectivity index (χ4v) is 1.25. The first-order valence-electron chi connectivity index (χ1n) is 4.56. The number of nitriles is 1. The third-order valence-electron chi connectivity index (χ3n) is 1.97. The number of nitrogens with zero attached hydrogens (tertiary/aromatic N) is 1. The van der Waals surface area contributed by atoms with Gasteiger partial charge in [0.25, 0.3) is 0 Å². The van der Waals surface area contributed by atoms with Crippen LogP contribution in [0.1, 0.15) is 17.5 Å². The van der Waals surface area contributed by atoms with E-state index in [-0.39, 0.29) is 0 Å². The molecule has 5 nitrogen and oxygen atoms in total. The van der Waals surface area contributed by atoms with Gasteiger partial charge < -0.3 is 10.4 Å². The number of carboxylic acids is 1. The highest BCUT2D eigenvalue weighted by Crippen LogP contribution is 2.18. The van der Waals surface area contributed by atoms with Crippen LogP contribution >= 0.6 is 0 Å². The Hall–Kier alpha value is -2.35. The van der Waals surface area contributed by atoms with Crippen LogP contribution in [0.15, 0.2) is 18.2 Å². The Kier molecular flexibility index (Phi) is 3.62. The van der Waals surface area contributed by atoms with E-state index in [1.54, 1.807) is 25.1 Å². The second-order valence-electron chi connectivity index (χ2n) is 3.23. The van der Waals surface area contributed by atoms with Crippen molar-refractivity contribution in [1.29, 1.82) is 5.26 Å². The van der Waals surface area contributed by atoms with Crippen LogP contribution < -0.4 is 5.32 Å². The number of carbonyl (C=O) groups excluding carboxylic acids is 1. The SMILES string of the molecule is Cc1cccc(NC(=O)CC(=O)O)c1C#N. The molecule has 1 rings (SSSR count). The molecule has 1 aromatic carbocycles. The minimum absolute atomic E-state index is 0.341. The standard InChI is InChI=1S/C11H10N2O3/c1-7-3-2-4-9(8(7)6-12)13-10(14)5-11(15)16/h2-4H,5H2,1H3,(H,13,14)(H,15,16). The number of hydrogen-bond donors (Lipinski definition) is 2. The van der Waals surface area contributed by atoms with E-state index in [0.717, 1.165) is 5.56 Å². The first-order valence-corrected chi connectivity index (χ1v) is 4.56. The molecule has 0 aliphatic carbocycles. The molecule has 1 aromatic rings.